The number of hydrogen-bond acceptors (Lipinski definition) is 4. The Kier molecular flexibility index (Phi) is 5.68. The summed E-state index contributed by atoms with van der Waals surface area (Å²) in [7, 11) is 0. The van der Waals surface area contributed by atoms with Gasteiger partial charge in [0.05, 0.1) is 23.6 Å². The lowest BCUT2D eigenvalue weighted by atomic mass is 9.92. The first kappa shape index (κ1) is 15.8. The molecule has 1 aliphatic heterocycles. The second-order valence-electron chi connectivity index (χ2n) is 4.99. The molecule has 1 saturated heterocycles. The van der Waals surface area contributed by atoms with Gasteiger partial charge >= 0.3 is 0 Å². The van der Waals surface area contributed by atoms with Crippen molar-refractivity contribution in [3.63, 3.8) is 0 Å². The SMILES string of the molecule is CC(C)(C(=O)NCCC(=O)N1CCOCC1)C(N)=S. The van der Waals surface area contributed by atoms with E-state index in [1.165, 1.54) is 0 Å². The first-order valence-electron chi connectivity index (χ1n) is 6.29. The molecule has 0 unspecified atom stereocenters. The third-order valence-corrected chi connectivity index (χ3v) is 3.68. The molecular formula is C12H21N3O3S. The van der Waals surface area contributed by atoms with Crippen LogP contribution in [0.3, 0.4) is 0 Å². The van der Waals surface area contributed by atoms with Crippen molar-refractivity contribution >= 4 is 29.0 Å². The van der Waals surface area contributed by atoms with Crippen molar-refractivity contribution in [3.05, 3.63) is 0 Å². The molecule has 1 fully saturated rings. The van der Waals surface area contributed by atoms with E-state index in [1.54, 1.807) is 18.7 Å². The predicted molar refractivity (Wildman–Crippen MR) is 75.6 cm³/mol. The topological polar surface area (TPSA) is 84.7 Å². The standard InChI is InChI=1S/C12H21N3O3S/c1-12(2,10(13)19)11(17)14-4-3-9(16)15-5-7-18-8-6-15/h3-8H2,1-2H3,(H2,13,19)(H,14,17). The molecule has 0 aliphatic carbocycles. The van der Waals surface area contributed by atoms with Gasteiger partial charge in [0.2, 0.25) is 11.8 Å². The number of nitrogens with two attached hydrogens (primary N) is 1. The summed E-state index contributed by atoms with van der Waals surface area (Å²) in [6.45, 7) is 6.00. The maximum absolute atomic E-state index is 11.8. The zero-order chi connectivity index (χ0) is 14.5. The van der Waals surface area contributed by atoms with E-state index in [-0.39, 0.29) is 23.2 Å². The average molecular weight is 287 g/mol. The first-order valence-corrected chi connectivity index (χ1v) is 6.70. The molecule has 0 atom stereocenters. The monoisotopic (exact) mass is 287 g/mol. The van der Waals surface area contributed by atoms with Crippen molar-refractivity contribution in [2.75, 3.05) is 32.8 Å². The van der Waals surface area contributed by atoms with Crippen molar-refractivity contribution < 1.29 is 14.3 Å². The molecule has 0 aromatic rings. The number of thiocarbonyl (C=S) groups is 1. The Morgan fingerprint density at radius 1 is 1.37 bits per heavy atom. The molecule has 0 aromatic heterocycles. The van der Waals surface area contributed by atoms with Crippen LogP contribution in [-0.4, -0.2) is 54.6 Å². The second kappa shape index (κ2) is 6.81. The summed E-state index contributed by atoms with van der Waals surface area (Å²) in [5.74, 6) is -0.230. The fourth-order valence-electron chi connectivity index (χ4n) is 1.59. The van der Waals surface area contributed by atoms with Crippen molar-refractivity contribution in [1.82, 2.24) is 10.2 Å². The number of hydrogen-bond donors (Lipinski definition) is 2. The number of morpholine rings is 1. The van der Waals surface area contributed by atoms with Crippen LogP contribution >= 0.6 is 12.2 Å². The van der Waals surface area contributed by atoms with Crippen LogP contribution in [0.5, 0.6) is 0 Å². The molecule has 7 heteroatoms. The maximum atomic E-state index is 11.8. The summed E-state index contributed by atoms with van der Waals surface area (Å²) < 4.78 is 5.17. The van der Waals surface area contributed by atoms with Crippen LogP contribution in [0.25, 0.3) is 0 Å². The quantitative estimate of drug-likeness (QED) is 0.676. The van der Waals surface area contributed by atoms with Crippen LogP contribution < -0.4 is 11.1 Å². The minimum absolute atomic E-state index is 0.0248. The second-order valence-corrected chi connectivity index (χ2v) is 5.43. The summed E-state index contributed by atoms with van der Waals surface area (Å²) in [6.07, 6.45) is 0.277. The molecule has 2 amide bonds. The molecule has 19 heavy (non-hydrogen) atoms. The van der Waals surface area contributed by atoms with E-state index in [1.807, 2.05) is 0 Å². The van der Waals surface area contributed by atoms with E-state index >= 15 is 0 Å². The van der Waals surface area contributed by atoms with Gasteiger partial charge in [0, 0.05) is 26.1 Å². The Hall–Kier alpha value is -1.21. The minimum Gasteiger partial charge on any atom is -0.392 e. The lowest BCUT2D eigenvalue weighted by Crippen LogP contribution is -2.46. The van der Waals surface area contributed by atoms with Gasteiger partial charge in [0.1, 0.15) is 0 Å². The normalized spacial score (nSPS) is 16.0. The highest BCUT2D eigenvalue weighted by Gasteiger charge is 2.30. The van der Waals surface area contributed by atoms with Crippen molar-refractivity contribution in [1.29, 1.82) is 0 Å². The van der Waals surface area contributed by atoms with Gasteiger partial charge < -0.3 is 20.7 Å². The summed E-state index contributed by atoms with van der Waals surface area (Å²) in [5.41, 5.74) is 4.61. The zero-order valence-electron chi connectivity index (χ0n) is 11.4. The highest BCUT2D eigenvalue weighted by molar-refractivity contribution is 7.80. The van der Waals surface area contributed by atoms with Crippen molar-refractivity contribution in [2.45, 2.75) is 20.3 Å². The fourth-order valence-corrected chi connectivity index (χ4v) is 1.68. The molecule has 0 radical (unpaired) electrons. The van der Waals surface area contributed by atoms with Gasteiger partial charge in [-0.25, -0.2) is 0 Å². The Morgan fingerprint density at radius 3 is 2.47 bits per heavy atom. The number of amides is 2. The molecule has 0 saturated carbocycles. The fraction of sp³-hybridized carbons (Fsp3) is 0.750. The largest absolute Gasteiger partial charge is 0.392 e. The summed E-state index contributed by atoms with van der Waals surface area (Å²) in [4.78, 5) is 25.6. The Morgan fingerprint density at radius 2 is 1.95 bits per heavy atom. The van der Waals surface area contributed by atoms with Crippen LogP contribution in [-0.2, 0) is 14.3 Å². The Labute approximate surface area is 118 Å². The molecule has 0 spiro atoms. The van der Waals surface area contributed by atoms with E-state index in [0.717, 1.165) is 0 Å². The number of ether oxygens (including phenoxy) is 1. The predicted octanol–water partition coefficient (Wildman–Crippen LogP) is -0.336. The van der Waals surface area contributed by atoms with Crippen molar-refractivity contribution in [2.24, 2.45) is 11.1 Å². The van der Waals surface area contributed by atoms with Crippen LogP contribution in [0.15, 0.2) is 0 Å². The van der Waals surface area contributed by atoms with Gasteiger partial charge in [-0.2, -0.15) is 0 Å². The van der Waals surface area contributed by atoms with Crippen LogP contribution in [0.4, 0.5) is 0 Å². The smallest absolute Gasteiger partial charge is 0.232 e. The van der Waals surface area contributed by atoms with E-state index < -0.39 is 5.41 Å². The molecule has 108 valence electrons. The lowest BCUT2D eigenvalue weighted by Gasteiger charge is -2.27. The van der Waals surface area contributed by atoms with Gasteiger partial charge in [0.15, 0.2) is 0 Å². The molecule has 6 nitrogen and oxygen atoms in total. The minimum atomic E-state index is -0.892. The first-order chi connectivity index (χ1) is 8.85. The van der Waals surface area contributed by atoms with Gasteiger partial charge in [-0.1, -0.05) is 12.2 Å². The Balaban J connectivity index is 2.31. The zero-order valence-corrected chi connectivity index (χ0v) is 12.2. The van der Waals surface area contributed by atoms with Gasteiger partial charge in [0.25, 0.3) is 0 Å². The number of nitrogens with one attached hydrogen (secondary N) is 1. The lowest BCUT2D eigenvalue weighted by molar-refractivity contribution is -0.135. The molecule has 1 heterocycles. The average Bonchev–Trinajstić information content (AvgIpc) is 2.39. The highest BCUT2D eigenvalue weighted by atomic mass is 32.1. The van der Waals surface area contributed by atoms with Gasteiger partial charge in [-0.05, 0) is 13.8 Å². The summed E-state index contributed by atoms with van der Waals surface area (Å²) in [6, 6.07) is 0. The number of nitrogens with zero attached hydrogens (tertiary/aromatic N) is 1. The van der Waals surface area contributed by atoms with E-state index in [9.17, 15) is 9.59 Å². The van der Waals surface area contributed by atoms with E-state index in [0.29, 0.717) is 32.8 Å². The number of carbonyl (C=O) groups is 2. The third kappa shape index (κ3) is 4.43. The summed E-state index contributed by atoms with van der Waals surface area (Å²) in [5, 5.41) is 2.69. The molecule has 0 aromatic carbocycles. The van der Waals surface area contributed by atoms with Crippen LogP contribution in [0.1, 0.15) is 20.3 Å². The number of carbonyl (C=O) groups excluding carboxylic acids is 2. The van der Waals surface area contributed by atoms with Crippen molar-refractivity contribution in [3.8, 4) is 0 Å². The molecule has 1 rings (SSSR count). The highest BCUT2D eigenvalue weighted by Crippen LogP contribution is 2.15. The molecule has 3 N–H and O–H groups in total. The number of rotatable bonds is 5. The van der Waals surface area contributed by atoms with E-state index in [4.69, 9.17) is 22.7 Å². The molecule has 0 bridgehead atoms. The summed E-state index contributed by atoms with van der Waals surface area (Å²) >= 11 is 4.84. The molecule has 1 aliphatic rings. The van der Waals surface area contributed by atoms with Gasteiger partial charge in [-0.3, -0.25) is 9.59 Å². The maximum Gasteiger partial charge on any atom is 0.232 e. The van der Waals surface area contributed by atoms with Crippen LogP contribution in [0.2, 0.25) is 0 Å². The Bertz CT molecular complexity index is 365. The van der Waals surface area contributed by atoms with E-state index in [2.05, 4.69) is 5.32 Å². The van der Waals surface area contributed by atoms with Gasteiger partial charge in [-0.15, -0.1) is 0 Å². The third-order valence-electron chi connectivity index (χ3n) is 3.17. The molecular weight excluding hydrogens is 266 g/mol. The van der Waals surface area contributed by atoms with Crippen LogP contribution in [0, 0.1) is 5.41 Å².